The normalized spacial score (nSPS) is 11.2. The lowest BCUT2D eigenvalue weighted by Crippen LogP contribution is -2.34. The molecule has 2 aromatic heterocycles. The van der Waals surface area contributed by atoms with Crippen molar-refractivity contribution in [2.45, 2.75) is 0 Å². The van der Waals surface area contributed by atoms with E-state index in [4.69, 9.17) is 4.74 Å². The van der Waals surface area contributed by atoms with Gasteiger partial charge in [0.1, 0.15) is 11.6 Å². The Kier molecular flexibility index (Phi) is 3.84. The Hall–Kier alpha value is -3.00. The predicted molar refractivity (Wildman–Crippen MR) is 99.7 cm³/mol. The fourth-order valence-electron chi connectivity index (χ4n) is 2.93. The second-order valence-corrected chi connectivity index (χ2v) is 6.45. The number of hydrogen-bond acceptors (Lipinski definition) is 4. The van der Waals surface area contributed by atoms with E-state index >= 15 is 0 Å². The van der Waals surface area contributed by atoms with E-state index in [1.807, 2.05) is 0 Å². The maximum absolute atomic E-state index is 14.4. The Bertz CT molecular complexity index is 1290. The van der Waals surface area contributed by atoms with Crippen molar-refractivity contribution in [2.75, 3.05) is 7.11 Å². The molecule has 0 saturated carbocycles. The van der Waals surface area contributed by atoms with Crippen LogP contribution in [0.4, 0.5) is 4.39 Å². The number of halogens is 2. The summed E-state index contributed by atoms with van der Waals surface area (Å²) in [5.74, 6) is -0.102. The number of benzene rings is 2. The lowest BCUT2D eigenvalue weighted by atomic mass is 10.1. The molecule has 26 heavy (non-hydrogen) atoms. The number of ether oxygens (including phenoxy) is 1. The highest BCUT2D eigenvalue weighted by Crippen LogP contribution is 2.28. The zero-order valence-electron chi connectivity index (χ0n) is 13.4. The number of nitrogens with zero attached hydrogens (tertiary/aromatic N) is 2. The van der Waals surface area contributed by atoms with Gasteiger partial charge in [-0.3, -0.25) is 9.78 Å². The summed E-state index contributed by atoms with van der Waals surface area (Å²) in [4.78, 5) is 32.3. The number of rotatable bonds is 2. The molecule has 2 heterocycles. The van der Waals surface area contributed by atoms with Crippen LogP contribution in [0, 0.1) is 5.82 Å². The van der Waals surface area contributed by atoms with Crippen molar-refractivity contribution in [2.24, 2.45) is 0 Å². The second kappa shape index (κ2) is 6.06. The van der Waals surface area contributed by atoms with Crippen LogP contribution in [0.2, 0.25) is 0 Å². The molecule has 0 amide bonds. The molecule has 0 bridgehead atoms. The highest BCUT2D eigenvalue weighted by Gasteiger charge is 2.16. The highest BCUT2D eigenvalue weighted by atomic mass is 79.9. The molecule has 0 aliphatic heterocycles. The van der Waals surface area contributed by atoms with E-state index < -0.39 is 17.1 Å². The highest BCUT2D eigenvalue weighted by molar-refractivity contribution is 9.10. The summed E-state index contributed by atoms with van der Waals surface area (Å²) in [5.41, 5.74) is -0.850. The smallest absolute Gasteiger partial charge is 0.333 e. The molecule has 2 aromatic carbocycles. The lowest BCUT2D eigenvalue weighted by Gasteiger charge is -2.11. The molecule has 0 saturated heterocycles. The van der Waals surface area contributed by atoms with E-state index in [2.05, 4.69) is 25.9 Å². The van der Waals surface area contributed by atoms with Crippen molar-refractivity contribution in [3.8, 4) is 11.4 Å². The average Bonchev–Trinajstić information content (AvgIpc) is 2.61. The minimum atomic E-state index is -0.683. The largest absolute Gasteiger partial charge is 0.496 e. The third kappa shape index (κ3) is 2.41. The first-order valence-corrected chi connectivity index (χ1v) is 8.35. The predicted octanol–water partition coefficient (Wildman–Crippen LogP) is 3.14. The van der Waals surface area contributed by atoms with Crippen LogP contribution in [-0.2, 0) is 0 Å². The Balaban J connectivity index is 2.16. The molecule has 0 unspecified atom stereocenters. The van der Waals surface area contributed by atoms with Gasteiger partial charge in [-0.05, 0) is 34.1 Å². The van der Waals surface area contributed by atoms with E-state index in [1.165, 1.54) is 31.6 Å². The first kappa shape index (κ1) is 16.5. The number of H-pyrrole nitrogens is 1. The molecule has 130 valence electrons. The lowest BCUT2D eigenvalue weighted by molar-refractivity contribution is 0.412. The summed E-state index contributed by atoms with van der Waals surface area (Å²) in [6, 6.07) is 7.58. The van der Waals surface area contributed by atoms with E-state index in [9.17, 15) is 14.0 Å². The molecular formula is C18H11BrFN3O3. The van der Waals surface area contributed by atoms with Gasteiger partial charge in [-0.1, -0.05) is 12.1 Å². The average molecular weight is 416 g/mol. The molecule has 0 spiro atoms. The number of hydrogen-bond donors (Lipinski definition) is 1. The van der Waals surface area contributed by atoms with E-state index in [0.717, 1.165) is 4.57 Å². The summed E-state index contributed by atoms with van der Waals surface area (Å²) in [6.45, 7) is 0. The van der Waals surface area contributed by atoms with Crippen molar-refractivity contribution in [1.29, 1.82) is 0 Å². The van der Waals surface area contributed by atoms with Crippen molar-refractivity contribution < 1.29 is 9.13 Å². The molecule has 0 radical (unpaired) electrons. The number of pyridine rings is 1. The Morgan fingerprint density at radius 1 is 1.23 bits per heavy atom. The van der Waals surface area contributed by atoms with Crippen LogP contribution in [0.25, 0.3) is 27.4 Å². The molecule has 6 nitrogen and oxygen atoms in total. The first-order chi connectivity index (χ1) is 12.5. The molecule has 8 heteroatoms. The van der Waals surface area contributed by atoms with Gasteiger partial charge < -0.3 is 9.72 Å². The van der Waals surface area contributed by atoms with Crippen molar-refractivity contribution in [3.63, 3.8) is 0 Å². The quantitative estimate of drug-likeness (QED) is 0.545. The van der Waals surface area contributed by atoms with Crippen molar-refractivity contribution in [3.05, 3.63) is 73.9 Å². The topological polar surface area (TPSA) is 77.0 Å². The fraction of sp³-hybridized carbons (Fsp3) is 0.0556. The van der Waals surface area contributed by atoms with Crippen molar-refractivity contribution in [1.82, 2.24) is 14.5 Å². The molecule has 0 aliphatic carbocycles. The maximum Gasteiger partial charge on any atom is 0.333 e. The van der Waals surface area contributed by atoms with Crippen LogP contribution in [-0.4, -0.2) is 21.6 Å². The maximum atomic E-state index is 14.4. The minimum Gasteiger partial charge on any atom is -0.496 e. The van der Waals surface area contributed by atoms with Gasteiger partial charge in [0, 0.05) is 17.0 Å². The molecule has 0 fully saturated rings. The van der Waals surface area contributed by atoms with Crippen LogP contribution >= 0.6 is 15.9 Å². The SMILES string of the molecule is COc1cc2c(=O)n(-c3cncc4cccc(F)c34)c(=O)[nH]c2cc1Br. The van der Waals surface area contributed by atoms with Gasteiger partial charge in [0.15, 0.2) is 0 Å². The molecule has 0 aliphatic rings. The van der Waals surface area contributed by atoms with Gasteiger partial charge in [0.05, 0.1) is 34.4 Å². The molecular weight excluding hydrogens is 405 g/mol. The summed E-state index contributed by atoms with van der Waals surface area (Å²) in [7, 11) is 1.47. The van der Waals surface area contributed by atoms with Gasteiger partial charge >= 0.3 is 5.69 Å². The first-order valence-electron chi connectivity index (χ1n) is 7.56. The van der Waals surface area contributed by atoms with Crippen LogP contribution in [0.15, 0.2) is 56.8 Å². The number of aromatic amines is 1. The summed E-state index contributed by atoms with van der Waals surface area (Å²) < 4.78 is 21.1. The third-order valence-corrected chi connectivity index (χ3v) is 4.74. The fourth-order valence-corrected chi connectivity index (χ4v) is 3.44. The number of nitrogens with one attached hydrogen (secondary N) is 1. The van der Waals surface area contributed by atoms with Gasteiger partial charge in [-0.15, -0.1) is 0 Å². The molecule has 1 N–H and O–H groups in total. The molecule has 0 atom stereocenters. The minimum absolute atomic E-state index is 0.0793. The number of fused-ring (bicyclic) bond motifs is 2. The van der Waals surface area contributed by atoms with Gasteiger partial charge in [-0.25, -0.2) is 13.8 Å². The standard InChI is InChI=1S/C18H11BrFN3O3/c1-26-15-5-10-13(6-11(15)19)22-18(25)23(17(10)24)14-8-21-7-9-3-2-4-12(20)16(9)14/h2-8H,1H3,(H,22,25). The van der Waals surface area contributed by atoms with Gasteiger partial charge in [0.2, 0.25) is 0 Å². The summed E-state index contributed by atoms with van der Waals surface area (Å²) >= 11 is 3.32. The van der Waals surface area contributed by atoms with E-state index in [-0.39, 0.29) is 16.5 Å². The van der Waals surface area contributed by atoms with Gasteiger partial charge in [-0.2, -0.15) is 0 Å². The Morgan fingerprint density at radius 3 is 2.81 bits per heavy atom. The van der Waals surface area contributed by atoms with Crippen LogP contribution in [0.1, 0.15) is 0 Å². The third-order valence-electron chi connectivity index (χ3n) is 4.12. The zero-order valence-corrected chi connectivity index (χ0v) is 15.0. The van der Waals surface area contributed by atoms with E-state index in [0.29, 0.717) is 21.1 Å². The zero-order chi connectivity index (χ0) is 18.4. The van der Waals surface area contributed by atoms with Crippen LogP contribution < -0.4 is 16.0 Å². The Morgan fingerprint density at radius 2 is 2.04 bits per heavy atom. The number of aromatic nitrogens is 3. The molecule has 4 rings (SSSR count). The number of methoxy groups -OCH3 is 1. The van der Waals surface area contributed by atoms with Crippen LogP contribution in [0.3, 0.4) is 0 Å². The summed E-state index contributed by atoms with van der Waals surface area (Å²) in [5, 5.41) is 0.874. The Labute approximate surface area is 154 Å². The summed E-state index contributed by atoms with van der Waals surface area (Å²) in [6.07, 6.45) is 2.77. The second-order valence-electron chi connectivity index (χ2n) is 5.60. The van der Waals surface area contributed by atoms with E-state index in [1.54, 1.807) is 18.2 Å². The van der Waals surface area contributed by atoms with Crippen LogP contribution in [0.5, 0.6) is 5.75 Å². The van der Waals surface area contributed by atoms with Crippen molar-refractivity contribution >= 4 is 37.6 Å². The van der Waals surface area contributed by atoms with Gasteiger partial charge in [0.25, 0.3) is 5.56 Å². The molecule has 4 aromatic rings. The monoisotopic (exact) mass is 415 g/mol.